The Balaban J connectivity index is 2.89. The predicted octanol–water partition coefficient (Wildman–Crippen LogP) is 3.32. The Hall–Kier alpha value is -1.66. The Morgan fingerprint density at radius 1 is 1.45 bits per heavy atom. The Kier molecular flexibility index (Phi) is 7.27. The molecule has 0 spiro atoms. The first-order valence-electron chi connectivity index (χ1n) is 7.18. The van der Waals surface area contributed by atoms with Crippen molar-refractivity contribution in [3.8, 4) is 0 Å². The first-order chi connectivity index (χ1) is 10.4. The van der Waals surface area contributed by atoms with Gasteiger partial charge in [-0.1, -0.05) is 31.5 Å². The topological polar surface area (TPSA) is 81.5 Å². The van der Waals surface area contributed by atoms with E-state index in [1.807, 2.05) is 13.8 Å². The molecule has 0 bridgehead atoms. The first-order valence-corrected chi connectivity index (χ1v) is 7.56. The normalized spacial score (nSPS) is 12.2. The summed E-state index contributed by atoms with van der Waals surface area (Å²) in [5.74, 6) is -0.0750. The summed E-state index contributed by atoms with van der Waals surface area (Å²) in [5, 5.41) is 14.4. The average molecular weight is 329 g/mol. The van der Waals surface area contributed by atoms with E-state index in [1.54, 1.807) is 13.0 Å². The number of nitro benzene ring substituents is 1. The molecule has 6 nitrogen and oxygen atoms in total. The number of ether oxygens (including phenoxy) is 1. The summed E-state index contributed by atoms with van der Waals surface area (Å²) >= 11 is 6.04. The van der Waals surface area contributed by atoms with Crippen molar-refractivity contribution in [2.24, 2.45) is 5.92 Å². The highest BCUT2D eigenvalue weighted by Crippen LogP contribution is 2.26. The van der Waals surface area contributed by atoms with E-state index in [-0.39, 0.29) is 24.1 Å². The zero-order valence-electron chi connectivity index (χ0n) is 13.0. The molecule has 1 atom stereocenters. The van der Waals surface area contributed by atoms with Gasteiger partial charge in [0, 0.05) is 12.6 Å². The minimum absolute atomic E-state index is 0.0628. The molecule has 0 heterocycles. The van der Waals surface area contributed by atoms with Crippen LogP contribution in [0.4, 0.5) is 5.69 Å². The van der Waals surface area contributed by atoms with Crippen LogP contribution in [0.2, 0.25) is 5.02 Å². The second kappa shape index (κ2) is 8.70. The van der Waals surface area contributed by atoms with Crippen molar-refractivity contribution in [3.05, 3.63) is 38.9 Å². The van der Waals surface area contributed by atoms with Gasteiger partial charge in [-0.15, -0.1) is 0 Å². The van der Waals surface area contributed by atoms with E-state index in [1.165, 1.54) is 12.1 Å². The molecule has 22 heavy (non-hydrogen) atoms. The first kappa shape index (κ1) is 18.4. The molecule has 122 valence electrons. The lowest BCUT2D eigenvalue weighted by molar-refractivity contribution is -0.385. The lowest BCUT2D eigenvalue weighted by atomic mass is 10.0. The van der Waals surface area contributed by atoms with E-state index in [0.29, 0.717) is 23.6 Å². The molecule has 0 radical (unpaired) electrons. The summed E-state index contributed by atoms with van der Waals surface area (Å²) < 4.78 is 5.03. The summed E-state index contributed by atoms with van der Waals surface area (Å²) in [4.78, 5) is 22.5. The van der Waals surface area contributed by atoms with E-state index < -0.39 is 11.0 Å². The Morgan fingerprint density at radius 2 is 2.14 bits per heavy atom. The van der Waals surface area contributed by atoms with Crippen molar-refractivity contribution in [1.82, 2.24) is 5.32 Å². The van der Waals surface area contributed by atoms with Crippen LogP contribution in [0.15, 0.2) is 18.2 Å². The molecule has 1 rings (SSSR count). The fourth-order valence-corrected chi connectivity index (χ4v) is 2.33. The van der Waals surface area contributed by atoms with E-state index in [9.17, 15) is 14.9 Å². The van der Waals surface area contributed by atoms with Crippen molar-refractivity contribution < 1.29 is 14.5 Å². The van der Waals surface area contributed by atoms with Crippen molar-refractivity contribution in [1.29, 1.82) is 0 Å². The molecule has 7 heteroatoms. The quantitative estimate of drug-likeness (QED) is 0.450. The fourth-order valence-electron chi connectivity index (χ4n) is 2.10. The summed E-state index contributed by atoms with van der Waals surface area (Å²) in [6, 6.07) is 4.00. The van der Waals surface area contributed by atoms with Crippen molar-refractivity contribution in [2.75, 3.05) is 6.61 Å². The Labute approximate surface area is 134 Å². The highest BCUT2D eigenvalue weighted by molar-refractivity contribution is 6.31. The third-order valence-corrected chi connectivity index (χ3v) is 3.45. The van der Waals surface area contributed by atoms with Gasteiger partial charge in [0.15, 0.2) is 0 Å². The number of hydrogen-bond donors (Lipinski definition) is 1. The van der Waals surface area contributed by atoms with Crippen LogP contribution in [0, 0.1) is 16.0 Å². The largest absolute Gasteiger partial charge is 0.465 e. The average Bonchev–Trinajstić information content (AvgIpc) is 2.43. The van der Waals surface area contributed by atoms with Crippen LogP contribution in [-0.4, -0.2) is 23.5 Å². The highest BCUT2D eigenvalue weighted by Gasteiger charge is 2.23. The van der Waals surface area contributed by atoms with E-state index in [0.717, 1.165) is 0 Å². The smallest absolute Gasteiger partial charge is 0.323 e. The molecule has 0 amide bonds. The molecule has 0 fully saturated rings. The van der Waals surface area contributed by atoms with Gasteiger partial charge >= 0.3 is 5.97 Å². The van der Waals surface area contributed by atoms with Crippen LogP contribution in [0.25, 0.3) is 0 Å². The van der Waals surface area contributed by atoms with Crippen LogP contribution >= 0.6 is 11.6 Å². The maximum atomic E-state index is 12.0. The van der Waals surface area contributed by atoms with Gasteiger partial charge in [0.2, 0.25) is 0 Å². The third kappa shape index (κ3) is 5.27. The standard InChI is InChI=1S/C15H21ClN2O4/c1-4-22-15(19)13(8-10(2)3)17-9-11-12(16)6-5-7-14(11)18(20)21/h5-7,10,13,17H,4,8-9H2,1-3H3/t13-/m0/s1. The zero-order valence-corrected chi connectivity index (χ0v) is 13.7. The molecule has 1 aromatic carbocycles. The number of esters is 1. The molecule has 0 saturated heterocycles. The number of hydrogen-bond acceptors (Lipinski definition) is 5. The molecule has 0 unspecified atom stereocenters. The lowest BCUT2D eigenvalue weighted by Gasteiger charge is -2.19. The van der Waals surface area contributed by atoms with Gasteiger partial charge in [0.1, 0.15) is 6.04 Å². The van der Waals surface area contributed by atoms with Crippen LogP contribution in [0.3, 0.4) is 0 Å². The number of rotatable bonds is 8. The monoisotopic (exact) mass is 328 g/mol. The van der Waals surface area contributed by atoms with Crippen LogP contribution < -0.4 is 5.32 Å². The van der Waals surface area contributed by atoms with E-state index >= 15 is 0 Å². The molecular weight excluding hydrogens is 308 g/mol. The highest BCUT2D eigenvalue weighted by atomic mass is 35.5. The number of nitro groups is 1. The summed E-state index contributed by atoms with van der Waals surface area (Å²) in [7, 11) is 0. The second-order valence-electron chi connectivity index (χ2n) is 5.31. The van der Waals surface area contributed by atoms with Gasteiger partial charge in [-0.05, 0) is 25.3 Å². The van der Waals surface area contributed by atoms with Crippen molar-refractivity contribution in [3.63, 3.8) is 0 Å². The predicted molar refractivity (Wildman–Crippen MR) is 84.8 cm³/mol. The lowest BCUT2D eigenvalue weighted by Crippen LogP contribution is -2.39. The maximum absolute atomic E-state index is 12.0. The second-order valence-corrected chi connectivity index (χ2v) is 5.72. The Bertz CT molecular complexity index is 534. The third-order valence-electron chi connectivity index (χ3n) is 3.09. The molecule has 1 aromatic rings. The van der Waals surface area contributed by atoms with Crippen LogP contribution in [0.1, 0.15) is 32.8 Å². The minimum atomic E-state index is -0.518. The Morgan fingerprint density at radius 3 is 2.68 bits per heavy atom. The van der Waals surface area contributed by atoms with Gasteiger partial charge in [-0.3, -0.25) is 20.2 Å². The van der Waals surface area contributed by atoms with E-state index in [4.69, 9.17) is 16.3 Å². The molecule has 0 aliphatic rings. The molecule has 0 aliphatic heterocycles. The number of nitrogens with one attached hydrogen (secondary N) is 1. The van der Waals surface area contributed by atoms with Crippen molar-refractivity contribution >= 4 is 23.3 Å². The molecule has 0 aliphatic carbocycles. The maximum Gasteiger partial charge on any atom is 0.323 e. The van der Waals surface area contributed by atoms with E-state index in [2.05, 4.69) is 5.32 Å². The zero-order chi connectivity index (χ0) is 16.7. The molecule has 1 N–H and O–H groups in total. The van der Waals surface area contributed by atoms with Gasteiger partial charge in [0.25, 0.3) is 5.69 Å². The summed E-state index contributed by atoms with van der Waals surface area (Å²) in [6.07, 6.45) is 0.580. The van der Waals surface area contributed by atoms with Crippen LogP contribution in [0.5, 0.6) is 0 Å². The number of carbonyl (C=O) groups is 1. The van der Waals surface area contributed by atoms with Gasteiger partial charge in [0.05, 0.1) is 22.1 Å². The van der Waals surface area contributed by atoms with Crippen LogP contribution in [-0.2, 0) is 16.1 Å². The van der Waals surface area contributed by atoms with Crippen molar-refractivity contribution in [2.45, 2.75) is 39.8 Å². The summed E-state index contributed by atoms with van der Waals surface area (Å²) in [6.45, 7) is 6.15. The number of nitrogens with zero attached hydrogens (tertiary/aromatic N) is 1. The molecule has 0 saturated carbocycles. The summed E-state index contributed by atoms with van der Waals surface area (Å²) in [5.41, 5.74) is 0.305. The number of halogens is 1. The molecular formula is C15H21ClN2O4. The minimum Gasteiger partial charge on any atom is -0.465 e. The van der Waals surface area contributed by atoms with Gasteiger partial charge < -0.3 is 4.74 Å². The molecule has 0 aromatic heterocycles. The SMILES string of the molecule is CCOC(=O)[C@H](CC(C)C)NCc1c(Cl)cccc1[N+](=O)[O-]. The van der Waals surface area contributed by atoms with Gasteiger partial charge in [-0.2, -0.15) is 0 Å². The number of benzene rings is 1. The fraction of sp³-hybridized carbons (Fsp3) is 0.533. The van der Waals surface area contributed by atoms with Gasteiger partial charge in [-0.25, -0.2) is 0 Å². The number of carbonyl (C=O) groups excluding carboxylic acids is 1.